The molecule has 0 radical (unpaired) electrons. The van der Waals surface area contributed by atoms with Crippen LogP contribution in [0.4, 0.5) is 30.6 Å². The fourth-order valence-corrected chi connectivity index (χ4v) is 9.20. The van der Waals surface area contributed by atoms with Crippen molar-refractivity contribution < 1.29 is 62.4 Å². The summed E-state index contributed by atoms with van der Waals surface area (Å²) >= 11 is 0. The van der Waals surface area contributed by atoms with Gasteiger partial charge in [0, 0.05) is 68.6 Å². The molecule has 2 aromatic rings. The minimum Gasteiger partial charge on any atom is -0.480 e. The summed E-state index contributed by atoms with van der Waals surface area (Å²) < 4.78 is 21.6. The van der Waals surface area contributed by atoms with Gasteiger partial charge in [-0.05, 0) is 61.1 Å². The van der Waals surface area contributed by atoms with Crippen LogP contribution < -0.4 is 26.6 Å². The number of rotatable bonds is 6. The highest BCUT2D eigenvalue weighted by molar-refractivity contribution is 6.07. The molecule has 9 amide bonds. The van der Waals surface area contributed by atoms with E-state index in [0.717, 1.165) is 35.6 Å². The number of anilines is 2. The van der Waals surface area contributed by atoms with Crippen LogP contribution in [0.2, 0.25) is 0 Å². The van der Waals surface area contributed by atoms with E-state index in [9.17, 15) is 38.4 Å². The Bertz CT molecular complexity index is 2190. The molecule has 63 heavy (non-hydrogen) atoms. The van der Waals surface area contributed by atoms with E-state index in [-0.39, 0.29) is 57.9 Å². The lowest BCUT2D eigenvalue weighted by molar-refractivity contribution is -0.144. The molecular weight excluding hydrogens is 825 g/mol. The third kappa shape index (κ3) is 8.59. The Hall–Kier alpha value is -6.32. The minimum atomic E-state index is -1.46. The van der Waals surface area contributed by atoms with Gasteiger partial charge >= 0.3 is 30.2 Å². The summed E-state index contributed by atoms with van der Waals surface area (Å²) in [5.41, 5.74) is 0.987. The van der Waals surface area contributed by atoms with Gasteiger partial charge in [-0.25, -0.2) is 29.0 Å². The second kappa shape index (κ2) is 18.2. The number of aryl methyl sites for hydroxylation is 2. The van der Waals surface area contributed by atoms with Crippen molar-refractivity contribution in [3.8, 4) is 0 Å². The number of hydrogen-bond donors (Lipinski definition) is 6. The lowest BCUT2D eigenvalue weighted by Gasteiger charge is -2.28. The molecule has 6 saturated heterocycles. The largest absolute Gasteiger partial charge is 0.480 e. The number of likely N-dealkylation sites (tertiary alicyclic amines) is 1. The molecule has 2 aliphatic carbocycles. The Morgan fingerprint density at radius 1 is 0.746 bits per heavy atom. The number of nitrogens with zero attached hydrogens (tertiary/aromatic N) is 3. The molecule has 0 saturated carbocycles. The van der Waals surface area contributed by atoms with E-state index < -0.39 is 47.7 Å². The number of fused-ring (bicyclic) bond motifs is 8. The van der Waals surface area contributed by atoms with Crippen LogP contribution in [0.3, 0.4) is 0 Å². The Labute approximate surface area is 363 Å². The molecule has 6 N–H and O–H groups in total. The maximum Gasteiger partial charge on any atom is 0.418 e. The quantitative estimate of drug-likeness (QED) is 0.243. The molecule has 6 atom stereocenters. The van der Waals surface area contributed by atoms with Crippen LogP contribution >= 0.6 is 0 Å². The highest BCUT2D eigenvalue weighted by Gasteiger charge is 2.60. The van der Waals surface area contributed by atoms with E-state index in [1.165, 1.54) is 20.5 Å². The molecule has 340 valence electrons. The van der Waals surface area contributed by atoms with Gasteiger partial charge in [0.15, 0.2) is 0 Å². The molecule has 8 aliphatic rings. The first-order chi connectivity index (χ1) is 29.2. The molecule has 2 aromatic carbocycles. The molecule has 21 heteroatoms. The van der Waals surface area contributed by atoms with Gasteiger partial charge in [0.1, 0.15) is 13.1 Å². The number of urea groups is 2. The second-order valence-corrected chi connectivity index (χ2v) is 15.9. The Morgan fingerprint density at radius 3 is 1.65 bits per heavy atom. The highest BCUT2D eigenvalue weighted by Crippen LogP contribution is 2.47. The lowest BCUT2D eigenvalue weighted by atomic mass is 9.94. The van der Waals surface area contributed by atoms with Gasteiger partial charge in [0.05, 0.1) is 31.5 Å². The average Bonchev–Trinajstić information content (AvgIpc) is 4.14. The summed E-state index contributed by atoms with van der Waals surface area (Å²) in [6, 6.07) is 10.0. The number of aliphatic carboxylic acids is 1. The SMILES string of the molecule is C.C.C1O[C@@H]2CN[C@@H]1C2.CNC(=O)Nc1ccc2c(c1)CC[C@@]21OC(=O)N(CC(=O)N2C[C@@H]3C[C@@H]2CO3)C1=O.CNC(=O)Nc1ccc2c(c1)CC[C@@]21OC(=O)N(CC(=O)O)C1=O. The number of benzene rings is 2. The predicted molar refractivity (Wildman–Crippen MR) is 223 cm³/mol. The van der Waals surface area contributed by atoms with E-state index in [0.29, 0.717) is 72.0 Å². The van der Waals surface area contributed by atoms with Crippen LogP contribution in [-0.4, -0.2) is 146 Å². The van der Waals surface area contributed by atoms with Gasteiger partial charge in [0.25, 0.3) is 11.8 Å². The van der Waals surface area contributed by atoms with Crippen LogP contribution in [0, 0.1) is 0 Å². The molecule has 10 rings (SSSR count). The molecule has 0 aromatic heterocycles. The topological polar surface area (TPSA) is 264 Å². The van der Waals surface area contributed by atoms with Crippen molar-refractivity contribution in [2.75, 3.05) is 64.1 Å². The molecule has 4 bridgehead atoms. The van der Waals surface area contributed by atoms with E-state index >= 15 is 0 Å². The van der Waals surface area contributed by atoms with Crippen molar-refractivity contribution in [1.82, 2.24) is 30.7 Å². The number of carbonyl (C=O) groups is 8. The number of amides is 9. The highest BCUT2D eigenvalue weighted by atomic mass is 16.6. The number of carbonyl (C=O) groups excluding carboxylic acids is 7. The van der Waals surface area contributed by atoms with Gasteiger partial charge in [-0.3, -0.25) is 19.2 Å². The summed E-state index contributed by atoms with van der Waals surface area (Å²) in [7, 11) is 3.01. The van der Waals surface area contributed by atoms with Crippen molar-refractivity contribution in [3.05, 3.63) is 58.7 Å². The number of imide groups is 2. The van der Waals surface area contributed by atoms with E-state index in [1.54, 1.807) is 41.3 Å². The molecule has 6 fully saturated rings. The van der Waals surface area contributed by atoms with Crippen molar-refractivity contribution in [3.63, 3.8) is 0 Å². The second-order valence-electron chi connectivity index (χ2n) is 15.9. The summed E-state index contributed by atoms with van der Waals surface area (Å²) in [6.45, 7) is 1.98. The van der Waals surface area contributed by atoms with Gasteiger partial charge in [-0.1, -0.05) is 27.0 Å². The molecule has 6 aliphatic heterocycles. The maximum absolute atomic E-state index is 13.2. The average molecular weight is 879 g/mol. The zero-order chi connectivity index (χ0) is 43.2. The normalized spacial score (nSPS) is 27.3. The van der Waals surface area contributed by atoms with Crippen LogP contribution in [-0.2, 0) is 62.2 Å². The molecule has 2 spiro atoms. The van der Waals surface area contributed by atoms with Crippen molar-refractivity contribution in [2.45, 2.75) is 88.9 Å². The number of morpholine rings is 2. The smallest absolute Gasteiger partial charge is 0.418 e. The van der Waals surface area contributed by atoms with Gasteiger partial charge in [-0.15, -0.1) is 0 Å². The maximum atomic E-state index is 13.2. The van der Waals surface area contributed by atoms with Crippen molar-refractivity contribution >= 4 is 59.3 Å². The number of nitrogens with one attached hydrogen (secondary N) is 5. The Morgan fingerprint density at radius 2 is 1.27 bits per heavy atom. The predicted octanol–water partition coefficient (Wildman–Crippen LogP) is 2.22. The monoisotopic (exact) mass is 878 g/mol. The van der Waals surface area contributed by atoms with E-state index in [4.69, 9.17) is 24.1 Å². The summed E-state index contributed by atoms with van der Waals surface area (Å²) in [6.07, 6.45) is 2.45. The summed E-state index contributed by atoms with van der Waals surface area (Å²) in [5, 5.41) is 22.4. The summed E-state index contributed by atoms with van der Waals surface area (Å²) in [4.78, 5) is 99.9. The number of hydrogen-bond acceptors (Lipinski definition) is 13. The fraction of sp³-hybridized carbons (Fsp3) is 0.524. The van der Waals surface area contributed by atoms with Crippen LogP contribution in [0.1, 0.15) is 62.8 Å². The van der Waals surface area contributed by atoms with Crippen molar-refractivity contribution in [1.29, 1.82) is 0 Å². The van der Waals surface area contributed by atoms with E-state index in [1.807, 2.05) is 0 Å². The molecule has 6 heterocycles. The number of carboxylic acids is 1. The Balaban J connectivity index is 0.000000179. The third-order valence-corrected chi connectivity index (χ3v) is 12.2. The van der Waals surface area contributed by atoms with Gasteiger partial charge in [0.2, 0.25) is 17.1 Å². The summed E-state index contributed by atoms with van der Waals surface area (Å²) in [5.74, 6) is -2.73. The Kier molecular flexibility index (Phi) is 13.3. The molecule has 0 unspecified atom stereocenters. The first-order valence-corrected chi connectivity index (χ1v) is 20.1. The number of ether oxygens (including phenoxy) is 4. The minimum absolute atomic E-state index is 0. The third-order valence-electron chi connectivity index (χ3n) is 12.2. The zero-order valence-electron chi connectivity index (χ0n) is 33.4. The molecule has 21 nitrogen and oxygen atoms in total. The molecular formula is C42H54N8O13. The number of carboxylic acid groups (broad SMARTS) is 1. The lowest BCUT2D eigenvalue weighted by Crippen LogP contribution is -2.48. The van der Waals surface area contributed by atoms with Crippen LogP contribution in [0.25, 0.3) is 0 Å². The standard InChI is InChI=1S/C20H22N4O6.C15H15N3O6.C5H9NO.2CH4/c1-21-18(27)22-12-2-3-15-11(6-12)4-5-20(15)17(26)24(19(28)30-20)9-16(25)23-8-14-7-13(23)10-29-14;1-16-13(22)17-9-2-3-10-8(6-9)4-5-15(10)12(21)18(7-11(19)20)14(23)24-15;1-4-3-7-5(1)2-6-4;;/h2-3,6,13-14H,4-5,7-10H2,1H3,(H2,21,22,27);2-3,6H,4-5,7H2,1H3,(H,19,20)(H2,16,17,22);4-6H,1-3H2;2*1H4/t13-,14+,20-;15-;4-,5+;;/m111../s1. The van der Waals surface area contributed by atoms with Crippen molar-refractivity contribution in [2.24, 2.45) is 0 Å². The van der Waals surface area contributed by atoms with E-state index in [2.05, 4.69) is 26.6 Å². The fourth-order valence-electron chi connectivity index (χ4n) is 9.20. The first kappa shape index (κ1) is 46.2. The van der Waals surface area contributed by atoms with Gasteiger partial charge < -0.3 is 55.5 Å². The zero-order valence-corrected chi connectivity index (χ0v) is 33.4. The van der Waals surface area contributed by atoms with Crippen LogP contribution in [0.15, 0.2) is 36.4 Å². The van der Waals surface area contributed by atoms with Gasteiger partial charge in [-0.2, -0.15) is 0 Å². The first-order valence-electron chi connectivity index (χ1n) is 20.1. The van der Waals surface area contributed by atoms with Crippen LogP contribution in [0.5, 0.6) is 0 Å².